The summed E-state index contributed by atoms with van der Waals surface area (Å²) in [7, 11) is 1.50. The molecule has 0 atom stereocenters. The van der Waals surface area contributed by atoms with Gasteiger partial charge < -0.3 is 18.8 Å². The van der Waals surface area contributed by atoms with Crippen molar-refractivity contribution in [3.05, 3.63) is 45.6 Å². The van der Waals surface area contributed by atoms with Gasteiger partial charge in [0.1, 0.15) is 0 Å². The number of hydrogen-bond donors (Lipinski definition) is 1. The van der Waals surface area contributed by atoms with Gasteiger partial charge in [-0.1, -0.05) is 11.3 Å². The molecular weight excluding hydrogens is 420 g/mol. The standard InChI is InChI=1S/C18H18N2O7S2/c1-20-13-6-5-10(7-16(13)28-18(20)22)29(23,24)19-12-9-15(26-3)14(25-2)8-11(12)17(21)27-4/h5-9,19H,1-4H3. The second kappa shape index (κ2) is 7.76. The van der Waals surface area contributed by atoms with Crippen LogP contribution in [0.5, 0.6) is 11.5 Å². The molecule has 0 saturated heterocycles. The minimum absolute atomic E-state index is 0.0316. The number of thiazole rings is 1. The topological polar surface area (TPSA) is 113 Å². The van der Waals surface area contributed by atoms with Gasteiger partial charge >= 0.3 is 10.8 Å². The van der Waals surface area contributed by atoms with Crippen LogP contribution < -0.4 is 19.1 Å². The van der Waals surface area contributed by atoms with E-state index < -0.39 is 16.0 Å². The third kappa shape index (κ3) is 3.78. The molecule has 11 heteroatoms. The first-order chi connectivity index (χ1) is 13.7. The van der Waals surface area contributed by atoms with Gasteiger partial charge in [-0.05, 0) is 18.2 Å². The molecule has 0 radical (unpaired) electrons. The van der Waals surface area contributed by atoms with Crippen molar-refractivity contribution in [3.63, 3.8) is 0 Å². The first-order valence-corrected chi connectivity index (χ1v) is 10.5. The van der Waals surface area contributed by atoms with Gasteiger partial charge in [-0.25, -0.2) is 13.2 Å². The summed E-state index contributed by atoms with van der Waals surface area (Å²) in [6.07, 6.45) is 0. The minimum atomic E-state index is -4.08. The number of aryl methyl sites for hydroxylation is 1. The number of fused-ring (bicyclic) bond motifs is 1. The summed E-state index contributed by atoms with van der Waals surface area (Å²) in [5, 5.41) is 0. The summed E-state index contributed by atoms with van der Waals surface area (Å²) < 4.78 is 45.3. The van der Waals surface area contributed by atoms with Gasteiger partial charge in [0.05, 0.1) is 47.7 Å². The van der Waals surface area contributed by atoms with Gasteiger partial charge in [-0.15, -0.1) is 0 Å². The van der Waals surface area contributed by atoms with Crippen LogP contribution >= 0.6 is 11.3 Å². The van der Waals surface area contributed by atoms with Gasteiger partial charge in [-0.3, -0.25) is 9.52 Å². The molecule has 154 valence electrons. The number of aromatic nitrogens is 1. The van der Waals surface area contributed by atoms with E-state index in [4.69, 9.17) is 14.2 Å². The number of methoxy groups -OCH3 is 3. The molecule has 0 aliphatic heterocycles. The Morgan fingerprint density at radius 3 is 2.34 bits per heavy atom. The highest BCUT2D eigenvalue weighted by Crippen LogP contribution is 2.35. The molecule has 0 unspecified atom stereocenters. The molecule has 1 aromatic heterocycles. The van der Waals surface area contributed by atoms with Crippen LogP contribution in [0.3, 0.4) is 0 Å². The number of nitrogens with zero attached hydrogens (tertiary/aromatic N) is 1. The number of carbonyl (C=O) groups is 1. The average Bonchev–Trinajstić information content (AvgIpc) is 3.00. The van der Waals surface area contributed by atoms with Crippen molar-refractivity contribution in [2.45, 2.75) is 4.90 Å². The second-order valence-corrected chi connectivity index (χ2v) is 8.58. The summed E-state index contributed by atoms with van der Waals surface area (Å²) in [6.45, 7) is 0. The third-order valence-corrected chi connectivity index (χ3v) is 6.61. The molecule has 1 heterocycles. The number of ether oxygens (including phenoxy) is 3. The van der Waals surface area contributed by atoms with Crippen molar-refractivity contribution in [2.24, 2.45) is 7.05 Å². The molecule has 0 aliphatic rings. The highest BCUT2D eigenvalue weighted by Gasteiger charge is 2.23. The molecule has 3 aromatic rings. The van der Waals surface area contributed by atoms with Crippen molar-refractivity contribution < 1.29 is 27.4 Å². The highest BCUT2D eigenvalue weighted by atomic mass is 32.2. The van der Waals surface area contributed by atoms with Crippen LogP contribution in [0, 0.1) is 0 Å². The molecule has 0 aliphatic carbocycles. The smallest absolute Gasteiger partial charge is 0.340 e. The zero-order valence-electron chi connectivity index (χ0n) is 16.0. The number of sulfonamides is 1. The number of carbonyl (C=O) groups excluding carboxylic acids is 1. The molecular formula is C18H18N2O7S2. The molecule has 0 amide bonds. The lowest BCUT2D eigenvalue weighted by atomic mass is 10.1. The van der Waals surface area contributed by atoms with Crippen LogP contribution in [0.2, 0.25) is 0 Å². The number of rotatable bonds is 6. The maximum absolute atomic E-state index is 12.9. The van der Waals surface area contributed by atoms with Crippen molar-refractivity contribution in [1.82, 2.24) is 4.57 Å². The third-order valence-electron chi connectivity index (χ3n) is 4.25. The van der Waals surface area contributed by atoms with Gasteiger partial charge in [0.2, 0.25) is 0 Å². The fraction of sp³-hybridized carbons (Fsp3) is 0.222. The Morgan fingerprint density at radius 1 is 1.07 bits per heavy atom. The lowest BCUT2D eigenvalue weighted by Gasteiger charge is -2.15. The number of anilines is 1. The van der Waals surface area contributed by atoms with Crippen LogP contribution in [0.25, 0.3) is 10.2 Å². The predicted octanol–water partition coefficient (Wildman–Crippen LogP) is 2.20. The molecule has 2 aromatic carbocycles. The second-order valence-electron chi connectivity index (χ2n) is 5.91. The first kappa shape index (κ1) is 20.7. The zero-order valence-corrected chi connectivity index (χ0v) is 17.6. The predicted molar refractivity (Wildman–Crippen MR) is 109 cm³/mol. The summed E-state index contributed by atoms with van der Waals surface area (Å²) in [6, 6.07) is 7.01. The van der Waals surface area contributed by atoms with E-state index in [0.717, 1.165) is 11.3 Å². The summed E-state index contributed by atoms with van der Waals surface area (Å²) in [5.41, 5.74) is 0.551. The fourth-order valence-electron chi connectivity index (χ4n) is 2.73. The van der Waals surface area contributed by atoms with Gasteiger partial charge in [-0.2, -0.15) is 0 Å². The Labute approximate surface area is 170 Å². The molecule has 9 nitrogen and oxygen atoms in total. The lowest BCUT2D eigenvalue weighted by molar-refractivity contribution is 0.0601. The largest absolute Gasteiger partial charge is 0.493 e. The number of hydrogen-bond acceptors (Lipinski definition) is 8. The SMILES string of the molecule is COC(=O)c1cc(OC)c(OC)cc1NS(=O)(=O)c1ccc2c(c1)sc(=O)n2C. The quantitative estimate of drug-likeness (QED) is 0.587. The monoisotopic (exact) mass is 438 g/mol. The number of nitrogens with one attached hydrogen (secondary N) is 1. The normalized spacial score (nSPS) is 11.3. The maximum Gasteiger partial charge on any atom is 0.340 e. The van der Waals surface area contributed by atoms with E-state index in [1.807, 2.05) is 0 Å². The fourth-order valence-corrected chi connectivity index (χ4v) is 4.82. The number of esters is 1. The van der Waals surface area contributed by atoms with E-state index >= 15 is 0 Å². The number of benzene rings is 2. The van der Waals surface area contributed by atoms with E-state index in [1.165, 1.54) is 50.2 Å². The van der Waals surface area contributed by atoms with E-state index in [0.29, 0.717) is 10.2 Å². The van der Waals surface area contributed by atoms with Crippen molar-refractivity contribution in [2.75, 3.05) is 26.1 Å². The van der Waals surface area contributed by atoms with Gasteiger partial charge in [0.25, 0.3) is 10.0 Å². The Balaban J connectivity index is 2.10. The Kier molecular flexibility index (Phi) is 5.53. The molecule has 29 heavy (non-hydrogen) atoms. The zero-order chi connectivity index (χ0) is 21.3. The van der Waals surface area contributed by atoms with Crippen LogP contribution in [0.1, 0.15) is 10.4 Å². The van der Waals surface area contributed by atoms with Gasteiger partial charge in [0, 0.05) is 19.2 Å². The first-order valence-electron chi connectivity index (χ1n) is 8.18. The van der Waals surface area contributed by atoms with E-state index in [9.17, 15) is 18.0 Å². The van der Waals surface area contributed by atoms with Crippen LogP contribution in [0.15, 0.2) is 40.0 Å². The highest BCUT2D eigenvalue weighted by molar-refractivity contribution is 7.92. The van der Waals surface area contributed by atoms with Crippen LogP contribution in [0.4, 0.5) is 5.69 Å². The summed E-state index contributed by atoms with van der Waals surface area (Å²) >= 11 is 0.943. The van der Waals surface area contributed by atoms with Crippen molar-refractivity contribution >= 4 is 43.2 Å². The van der Waals surface area contributed by atoms with Crippen molar-refractivity contribution in [1.29, 1.82) is 0 Å². The lowest BCUT2D eigenvalue weighted by Crippen LogP contribution is -2.16. The molecule has 0 bridgehead atoms. The maximum atomic E-state index is 12.9. The Morgan fingerprint density at radius 2 is 1.72 bits per heavy atom. The summed E-state index contributed by atoms with van der Waals surface area (Å²) in [4.78, 5) is 23.7. The Bertz CT molecular complexity index is 1260. The van der Waals surface area contributed by atoms with Crippen molar-refractivity contribution in [3.8, 4) is 11.5 Å². The molecule has 0 spiro atoms. The molecule has 0 fully saturated rings. The van der Waals surface area contributed by atoms with E-state index in [2.05, 4.69) is 4.72 Å². The van der Waals surface area contributed by atoms with Crippen LogP contribution in [-0.2, 0) is 21.8 Å². The minimum Gasteiger partial charge on any atom is -0.493 e. The Hall–Kier alpha value is -3.05. The van der Waals surface area contributed by atoms with Gasteiger partial charge in [0.15, 0.2) is 11.5 Å². The molecule has 3 rings (SSSR count). The van der Waals surface area contributed by atoms with E-state index in [-0.39, 0.29) is 32.5 Å². The average molecular weight is 438 g/mol. The van der Waals surface area contributed by atoms with E-state index in [1.54, 1.807) is 13.1 Å². The molecule has 0 saturated carbocycles. The van der Waals surface area contributed by atoms with Crippen LogP contribution in [-0.4, -0.2) is 40.3 Å². The summed E-state index contributed by atoms with van der Waals surface area (Å²) in [5.74, 6) is -0.277. The molecule has 1 N–H and O–H groups in total.